The van der Waals surface area contributed by atoms with E-state index < -0.39 is 6.10 Å². The van der Waals surface area contributed by atoms with Crippen LogP contribution in [0.25, 0.3) is 16.6 Å². The average molecular weight is 487 g/mol. The van der Waals surface area contributed by atoms with Gasteiger partial charge >= 0.3 is 5.97 Å². The molecule has 0 aliphatic heterocycles. The first-order valence-corrected chi connectivity index (χ1v) is 12.4. The van der Waals surface area contributed by atoms with E-state index in [1.807, 2.05) is 62.4 Å². The number of nitrogens with zero attached hydrogens (tertiary/aromatic N) is 1. The zero-order valence-corrected chi connectivity index (χ0v) is 21.3. The molecular formula is C30H34N2O4. The SMILES string of the molecule is CCOC(=O)c1c(C)n(-c2ccc(C)cc2)c2ccc(OC[C@@H](O)CN[C@H](C)c3ccccc3)cc12. The molecule has 2 N–H and O–H groups in total. The lowest BCUT2D eigenvalue weighted by Gasteiger charge is -2.18. The number of carbonyl (C=O) groups is 1. The van der Waals surface area contributed by atoms with Crippen LogP contribution in [0.15, 0.2) is 72.8 Å². The third kappa shape index (κ3) is 5.61. The molecule has 0 saturated heterocycles. The first-order chi connectivity index (χ1) is 17.4. The van der Waals surface area contributed by atoms with Gasteiger partial charge in [-0.3, -0.25) is 0 Å². The van der Waals surface area contributed by atoms with Gasteiger partial charge in [-0.25, -0.2) is 4.79 Å². The van der Waals surface area contributed by atoms with E-state index >= 15 is 0 Å². The van der Waals surface area contributed by atoms with Crippen LogP contribution in [-0.2, 0) is 4.74 Å². The molecule has 2 atom stereocenters. The Labute approximate surface area is 212 Å². The Morgan fingerprint density at radius 2 is 1.75 bits per heavy atom. The second kappa shape index (κ2) is 11.4. The Kier molecular flexibility index (Phi) is 8.08. The van der Waals surface area contributed by atoms with Crippen molar-refractivity contribution in [1.29, 1.82) is 0 Å². The van der Waals surface area contributed by atoms with Gasteiger partial charge in [0.05, 0.1) is 17.7 Å². The van der Waals surface area contributed by atoms with Gasteiger partial charge in [0.15, 0.2) is 0 Å². The molecule has 188 valence electrons. The Morgan fingerprint density at radius 1 is 1.03 bits per heavy atom. The van der Waals surface area contributed by atoms with E-state index in [1.165, 1.54) is 5.56 Å². The van der Waals surface area contributed by atoms with Gasteiger partial charge < -0.3 is 24.5 Å². The molecule has 0 aliphatic rings. The van der Waals surface area contributed by atoms with Gasteiger partial charge in [-0.05, 0) is 63.6 Å². The fraction of sp³-hybridized carbons (Fsp3) is 0.300. The van der Waals surface area contributed by atoms with Gasteiger partial charge in [0, 0.05) is 29.4 Å². The quantitative estimate of drug-likeness (QED) is 0.289. The number of hydrogen-bond acceptors (Lipinski definition) is 5. The number of aryl methyl sites for hydroxylation is 1. The minimum atomic E-state index is -0.685. The van der Waals surface area contributed by atoms with Crippen LogP contribution in [0.5, 0.6) is 5.75 Å². The standard InChI is InChI=1S/C30H34N2O4/c1-5-35-30(34)29-22(4)32(24-13-11-20(2)12-14-24)28-16-15-26(17-27(28)29)36-19-25(33)18-31-21(3)23-9-7-6-8-10-23/h6-17,21,25,31,33H,5,18-19H2,1-4H3/t21-,25+/m1/s1. The number of aliphatic hydroxyl groups is 1. The summed E-state index contributed by atoms with van der Waals surface area (Å²) in [5, 5.41) is 14.6. The first kappa shape index (κ1) is 25.5. The van der Waals surface area contributed by atoms with Crippen molar-refractivity contribution in [2.24, 2.45) is 0 Å². The highest BCUT2D eigenvalue weighted by Gasteiger charge is 2.22. The fourth-order valence-electron chi connectivity index (χ4n) is 4.40. The van der Waals surface area contributed by atoms with Gasteiger partial charge in [0.2, 0.25) is 0 Å². The number of esters is 1. The highest BCUT2D eigenvalue weighted by molar-refractivity contribution is 6.07. The zero-order valence-electron chi connectivity index (χ0n) is 21.3. The third-order valence-electron chi connectivity index (χ3n) is 6.35. The summed E-state index contributed by atoms with van der Waals surface area (Å²) in [6.07, 6.45) is -0.685. The third-order valence-corrected chi connectivity index (χ3v) is 6.35. The molecule has 0 aliphatic carbocycles. The summed E-state index contributed by atoms with van der Waals surface area (Å²) < 4.78 is 13.4. The number of hydrogen-bond donors (Lipinski definition) is 2. The summed E-state index contributed by atoms with van der Waals surface area (Å²) in [4.78, 5) is 12.9. The maximum atomic E-state index is 12.9. The topological polar surface area (TPSA) is 72.7 Å². The number of aliphatic hydroxyl groups excluding tert-OH is 1. The molecule has 0 saturated carbocycles. The van der Waals surface area contributed by atoms with Crippen LogP contribution in [0.2, 0.25) is 0 Å². The molecule has 1 heterocycles. The average Bonchev–Trinajstić information content (AvgIpc) is 3.18. The highest BCUT2D eigenvalue weighted by atomic mass is 16.5. The van der Waals surface area contributed by atoms with Crippen molar-refractivity contribution in [1.82, 2.24) is 9.88 Å². The van der Waals surface area contributed by atoms with Crippen LogP contribution >= 0.6 is 0 Å². The molecule has 3 aromatic carbocycles. The number of nitrogens with one attached hydrogen (secondary N) is 1. The number of rotatable bonds is 10. The smallest absolute Gasteiger partial charge is 0.340 e. The number of benzene rings is 3. The minimum absolute atomic E-state index is 0.119. The van der Waals surface area contributed by atoms with Crippen LogP contribution in [0.3, 0.4) is 0 Å². The molecule has 0 amide bonds. The predicted molar refractivity (Wildman–Crippen MR) is 143 cm³/mol. The maximum Gasteiger partial charge on any atom is 0.340 e. The molecule has 0 bridgehead atoms. The molecule has 4 rings (SSSR count). The summed E-state index contributed by atoms with van der Waals surface area (Å²) in [7, 11) is 0. The molecule has 6 nitrogen and oxygen atoms in total. The second-order valence-corrected chi connectivity index (χ2v) is 9.04. The molecule has 1 aromatic heterocycles. The van der Waals surface area contributed by atoms with Gasteiger partial charge in [0.1, 0.15) is 18.5 Å². The van der Waals surface area contributed by atoms with Crippen LogP contribution < -0.4 is 10.1 Å². The molecule has 4 aromatic rings. The normalized spacial score (nSPS) is 12.9. The summed E-state index contributed by atoms with van der Waals surface area (Å²) in [5.74, 6) is 0.228. The van der Waals surface area contributed by atoms with Crippen LogP contribution in [-0.4, -0.2) is 41.5 Å². The Hall–Kier alpha value is -3.61. The van der Waals surface area contributed by atoms with E-state index in [1.54, 1.807) is 6.92 Å². The highest BCUT2D eigenvalue weighted by Crippen LogP contribution is 2.32. The minimum Gasteiger partial charge on any atom is -0.491 e. The number of carbonyl (C=O) groups excluding carboxylic acids is 1. The largest absolute Gasteiger partial charge is 0.491 e. The lowest BCUT2D eigenvalue weighted by Crippen LogP contribution is -2.33. The van der Waals surface area contributed by atoms with E-state index in [4.69, 9.17) is 9.47 Å². The van der Waals surface area contributed by atoms with Gasteiger partial charge in [-0.1, -0.05) is 48.0 Å². The Morgan fingerprint density at radius 3 is 2.44 bits per heavy atom. The van der Waals surface area contributed by atoms with Crippen molar-refractivity contribution < 1.29 is 19.4 Å². The maximum absolute atomic E-state index is 12.9. The van der Waals surface area contributed by atoms with Crippen molar-refractivity contribution in [2.45, 2.75) is 39.8 Å². The molecule has 0 spiro atoms. The predicted octanol–water partition coefficient (Wildman–Crippen LogP) is 5.51. The van der Waals surface area contributed by atoms with Crippen molar-refractivity contribution in [2.75, 3.05) is 19.8 Å². The van der Waals surface area contributed by atoms with E-state index in [9.17, 15) is 9.90 Å². The van der Waals surface area contributed by atoms with Crippen LogP contribution in [0, 0.1) is 13.8 Å². The molecular weight excluding hydrogens is 452 g/mol. The number of aromatic nitrogens is 1. The van der Waals surface area contributed by atoms with Crippen molar-refractivity contribution in [3.05, 3.63) is 95.2 Å². The lowest BCUT2D eigenvalue weighted by molar-refractivity contribution is 0.0527. The van der Waals surface area contributed by atoms with Crippen LogP contribution in [0.4, 0.5) is 0 Å². The summed E-state index contributed by atoms with van der Waals surface area (Å²) in [6.45, 7) is 8.66. The number of ether oxygens (including phenoxy) is 2. The first-order valence-electron chi connectivity index (χ1n) is 12.4. The molecule has 0 fully saturated rings. The fourth-order valence-corrected chi connectivity index (χ4v) is 4.40. The molecule has 6 heteroatoms. The monoisotopic (exact) mass is 486 g/mol. The van der Waals surface area contributed by atoms with Crippen molar-refractivity contribution in [3.63, 3.8) is 0 Å². The Balaban J connectivity index is 1.53. The van der Waals surface area contributed by atoms with Gasteiger partial charge in [-0.2, -0.15) is 0 Å². The second-order valence-electron chi connectivity index (χ2n) is 9.04. The van der Waals surface area contributed by atoms with E-state index in [-0.39, 0.29) is 18.6 Å². The summed E-state index contributed by atoms with van der Waals surface area (Å²) in [5.41, 5.74) is 5.53. The molecule has 0 radical (unpaired) electrons. The van der Waals surface area contributed by atoms with Gasteiger partial charge in [0.25, 0.3) is 0 Å². The van der Waals surface area contributed by atoms with E-state index in [0.717, 1.165) is 27.8 Å². The molecule has 0 unspecified atom stereocenters. The van der Waals surface area contributed by atoms with E-state index in [2.05, 4.69) is 41.1 Å². The van der Waals surface area contributed by atoms with Gasteiger partial charge in [-0.15, -0.1) is 0 Å². The molecule has 36 heavy (non-hydrogen) atoms. The van der Waals surface area contributed by atoms with E-state index in [0.29, 0.717) is 24.5 Å². The van der Waals surface area contributed by atoms with Crippen molar-refractivity contribution in [3.8, 4) is 11.4 Å². The Bertz CT molecular complexity index is 1310. The van der Waals surface area contributed by atoms with Crippen LogP contribution in [0.1, 0.15) is 47.1 Å². The number of fused-ring (bicyclic) bond motifs is 1. The zero-order chi connectivity index (χ0) is 25.7. The summed E-state index contributed by atoms with van der Waals surface area (Å²) >= 11 is 0. The summed E-state index contributed by atoms with van der Waals surface area (Å²) in [6, 6.07) is 24.1. The lowest BCUT2D eigenvalue weighted by atomic mass is 10.1. The van der Waals surface area contributed by atoms with Crippen molar-refractivity contribution >= 4 is 16.9 Å².